The maximum Gasteiger partial charge on any atom is 0.214 e. The zero-order valence-electron chi connectivity index (χ0n) is 7.31. The van der Waals surface area contributed by atoms with Gasteiger partial charge in [-0.05, 0) is 19.2 Å². The summed E-state index contributed by atoms with van der Waals surface area (Å²) in [5, 5.41) is 0. The van der Waals surface area contributed by atoms with Crippen LogP contribution in [-0.2, 0) is 4.79 Å². The molecule has 1 saturated heterocycles. The molecule has 0 aromatic carbocycles. The van der Waals surface area contributed by atoms with Gasteiger partial charge in [0, 0.05) is 13.1 Å². The van der Waals surface area contributed by atoms with E-state index >= 15 is 0 Å². The summed E-state index contributed by atoms with van der Waals surface area (Å²) in [7, 11) is 1.94. The Kier molecular flexibility index (Phi) is 3.47. The molecule has 0 radical (unpaired) electrons. The van der Waals surface area contributed by atoms with Crippen LogP contribution in [0.5, 0.6) is 0 Å². The molecule has 1 rings (SSSR count). The van der Waals surface area contributed by atoms with Crippen LogP contribution >= 0.6 is 0 Å². The van der Waals surface area contributed by atoms with Gasteiger partial charge in [0.25, 0.3) is 0 Å². The minimum absolute atomic E-state index is 0.326. The summed E-state index contributed by atoms with van der Waals surface area (Å²) < 4.78 is 0. The first-order valence-electron chi connectivity index (χ1n) is 4.62. The first-order valence-corrected chi connectivity index (χ1v) is 4.62. The average molecular weight is 153 g/mol. The molecule has 1 aliphatic heterocycles. The van der Waals surface area contributed by atoms with E-state index in [0.29, 0.717) is 12.2 Å². The molecule has 62 valence electrons. The van der Waals surface area contributed by atoms with Crippen molar-refractivity contribution >= 4 is 13.8 Å². The number of hydrogen-bond donors (Lipinski definition) is 0. The smallest absolute Gasteiger partial charge is 0.214 e. The van der Waals surface area contributed by atoms with Crippen LogP contribution in [0.1, 0.15) is 25.7 Å². The van der Waals surface area contributed by atoms with Crippen molar-refractivity contribution in [2.75, 3.05) is 13.1 Å². The van der Waals surface area contributed by atoms with Crippen LogP contribution in [0.4, 0.5) is 0 Å². The second-order valence-electron chi connectivity index (χ2n) is 3.15. The summed E-state index contributed by atoms with van der Waals surface area (Å²) in [6.07, 6.45) is 5.67. The van der Waals surface area contributed by atoms with Gasteiger partial charge >= 0.3 is 0 Å². The number of likely N-dealkylation sites (tertiary alicyclic amines) is 1. The van der Waals surface area contributed by atoms with Crippen LogP contribution in [-0.4, -0.2) is 31.7 Å². The average Bonchev–Trinajstić information content (AvgIpc) is 2.30. The molecule has 0 aromatic heterocycles. The molecule has 0 bridgehead atoms. The Hall–Kier alpha value is -0.465. The monoisotopic (exact) mass is 153 g/mol. The fourth-order valence-corrected chi connectivity index (χ4v) is 1.54. The van der Waals surface area contributed by atoms with Gasteiger partial charge in [0.05, 0.1) is 0 Å². The van der Waals surface area contributed by atoms with E-state index < -0.39 is 0 Å². The Labute approximate surface area is 69.4 Å². The van der Waals surface area contributed by atoms with Crippen LogP contribution in [0, 0.1) is 0 Å². The molecule has 0 N–H and O–H groups in total. The number of nitrogens with zero attached hydrogens (tertiary/aromatic N) is 1. The minimum Gasteiger partial charge on any atom is -0.343 e. The van der Waals surface area contributed by atoms with Gasteiger partial charge in [-0.1, -0.05) is 12.8 Å². The molecule has 0 aliphatic carbocycles. The second kappa shape index (κ2) is 4.42. The fraction of sp³-hybridized carbons (Fsp3) is 0.875. The van der Waals surface area contributed by atoms with E-state index in [1.165, 1.54) is 25.7 Å². The van der Waals surface area contributed by atoms with Gasteiger partial charge in [0.15, 0.2) is 0 Å². The Bertz CT molecular complexity index is 130. The normalized spacial score (nSPS) is 19.5. The Balaban J connectivity index is 2.36. The molecule has 0 unspecified atom stereocenters. The molecular weight excluding hydrogens is 137 g/mol. The van der Waals surface area contributed by atoms with Crippen molar-refractivity contribution in [2.24, 2.45) is 0 Å². The molecular formula is C8H16BNO. The van der Waals surface area contributed by atoms with Crippen molar-refractivity contribution in [1.82, 2.24) is 4.90 Å². The fourth-order valence-electron chi connectivity index (χ4n) is 1.54. The molecule has 1 heterocycles. The van der Waals surface area contributed by atoms with Crippen LogP contribution in [0.25, 0.3) is 0 Å². The molecule has 1 fully saturated rings. The molecule has 3 heteroatoms. The van der Waals surface area contributed by atoms with Crippen LogP contribution in [0.15, 0.2) is 0 Å². The van der Waals surface area contributed by atoms with E-state index in [-0.39, 0.29) is 0 Å². The topological polar surface area (TPSA) is 20.3 Å². The standard InChI is InChI=1S/C8H16BNO/c9-7-8(11)10-5-3-1-2-4-6-10/h1-7,9H2. The van der Waals surface area contributed by atoms with Crippen molar-refractivity contribution in [3.8, 4) is 0 Å². The number of carbonyl (C=O) groups is 1. The molecule has 0 spiro atoms. The summed E-state index contributed by atoms with van der Waals surface area (Å²) in [6, 6.07) is 0. The van der Waals surface area contributed by atoms with Crippen molar-refractivity contribution in [3.05, 3.63) is 0 Å². The highest BCUT2D eigenvalue weighted by Gasteiger charge is 2.12. The lowest BCUT2D eigenvalue weighted by Crippen LogP contribution is -2.31. The third-order valence-electron chi connectivity index (χ3n) is 2.26. The lowest BCUT2D eigenvalue weighted by molar-refractivity contribution is -0.128. The van der Waals surface area contributed by atoms with E-state index in [2.05, 4.69) is 0 Å². The van der Waals surface area contributed by atoms with Gasteiger partial charge in [0.2, 0.25) is 5.91 Å². The highest BCUT2D eigenvalue weighted by Crippen LogP contribution is 2.09. The Morgan fingerprint density at radius 2 is 1.73 bits per heavy atom. The third kappa shape index (κ3) is 2.56. The summed E-state index contributed by atoms with van der Waals surface area (Å²) in [5.74, 6) is 0.326. The Morgan fingerprint density at radius 1 is 1.18 bits per heavy atom. The summed E-state index contributed by atoms with van der Waals surface area (Å²) in [6.45, 7) is 1.99. The lowest BCUT2D eigenvalue weighted by atomic mass is 10.0. The van der Waals surface area contributed by atoms with Crippen LogP contribution < -0.4 is 0 Å². The number of carbonyl (C=O) groups excluding carboxylic acids is 1. The highest BCUT2D eigenvalue weighted by molar-refractivity contribution is 6.19. The van der Waals surface area contributed by atoms with E-state index in [1.54, 1.807) is 0 Å². The molecule has 11 heavy (non-hydrogen) atoms. The molecule has 0 aromatic rings. The predicted octanol–water partition coefficient (Wildman–Crippen LogP) is 0.440. The van der Waals surface area contributed by atoms with Gasteiger partial charge in [-0.25, -0.2) is 0 Å². The molecule has 0 saturated carbocycles. The summed E-state index contributed by atoms with van der Waals surface area (Å²) in [4.78, 5) is 13.3. The van der Waals surface area contributed by atoms with E-state index in [1.807, 2.05) is 12.7 Å². The van der Waals surface area contributed by atoms with Gasteiger partial charge in [-0.2, -0.15) is 0 Å². The molecule has 0 atom stereocenters. The van der Waals surface area contributed by atoms with E-state index in [4.69, 9.17) is 0 Å². The lowest BCUT2D eigenvalue weighted by Gasteiger charge is -2.19. The Morgan fingerprint density at radius 3 is 2.18 bits per heavy atom. The first kappa shape index (κ1) is 8.63. The molecule has 1 aliphatic rings. The van der Waals surface area contributed by atoms with Gasteiger partial charge in [0.1, 0.15) is 7.85 Å². The quantitative estimate of drug-likeness (QED) is 0.500. The van der Waals surface area contributed by atoms with E-state index in [0.717, 1.165) is 13.1 Å². The number of amides is 1. The SMILES string of the molecule is BCC(=O)N1CCCCCC1. The maximum atomic E-state index is 11.2. The van der Waals surface area contributed by atoms with Crippen molar-refractivity contribution in [1.29, 1.82) is 0 Å². The van der Waals surface area contributed by atoms with Crippen molar-refractivity contribution in [3.63, 3.8) is 0 Å². The van der Waals surface area contributed by atoms with Crippen LogP contribution in [0.2, 0.25) is 6.32 Å². The van der Waals surface area contributed by atoms with Gasteiger partial charge in [-0.3, -0.25) is 4.79 Å². The first-order chi connectivity index (χ1) is 5.34. The zero-order valence-corrected chi connectivity index (χ0v) is 7.31. The summed E-state index contributed by atoms with van der Waals surface area (Å²) in [5.41, 5.74) is 0. The van der Waals surface area contributed by atoms with Crippen molar-refractivity contribution in [2.45, 2.75) is 32.0 Å². The third-order valence-corrected chi connectivity index (χ3v) is 2.26. The van der Waals surface area contributed by atoms with Gasteiger partial charge in [-0.15, -0.1) is 0 Å². The van der Waals surface area contributed by atoms with Gasteiger partial charge < -0.3 is 4.90 Å². The zero-order chi connectivity index (χ0) is 8.10. The predicted molar refractivity (Wildman–Crippen MR) is 48.4 cm³/mol. The summed E-state index contributed by atoms with van der Waals surface area (Å²) >= 11 is 0. The van der Waals surface area contributed by atoms with Crippen molar-refractivity contribution < 1.29 is 4.79 Å². The largest absolute Gasteiger partial charge is 0.343 e. The number of hydrogen-bond acceptors (Lipinski definition) is 1. The van der Waals surface area contributed by atoms with E-state index in [9.17, 15) is 4.79 Å². The molecule has 1 amide bonds. The number of rotatable bonds is 1. The maximum absolute atomic E-state index is 11.2. The highest BCUT2D eigenvalue weighted by atomic mass is 16.2. The molecule has 2 nitrogen and oxygen atoms in total. The van der Waals surface area contributed by atoms with Crippen LogP contribution in [0.3, 0.4) is 0 Å². The minimum atomic E-state index is 0.326. The second-order valence-corrected chi connectivity index (χ2v) is 3.15.